The SMILES string of the molecule is O=C(CC[C@@]1(C2CC2)NC(=O)N(N2Cc3cc(Br)c(C(F)(F)F)cc3C2)C1=O)N1Cc2cc(Br)c(C(F)(F)F)cc2C1. The Hall–Kier alpha value is -2.65. The van der Waals surface area contributed by atoms with Crippen LogP contribution in [0.3, 0.4) is 0 Å². The maximum atomic E-state index is 13.8. The Balaban J connectivity index is 1.16. The number of rotatable bonds is 5. The summed E-state index contributed by atoms with van der Waals surface area (Å²) < 4.78 is 80.0. The first kappa shape index (κ1) is 29.4. The van der Waals surface area contributed by atoms with Gasteiger partial charge in [0, 0.05) is 41.5 Å². The number of hydrogen-bond donors (Lipinski definition) is 1. The Morgan fingerprint density at radius 3 is 1.81 bits per heavy atom. The van der Waals surface area contributed by atoms with Gasteiger partial charge >= 0.3 is 18.4 Å². The molecule has 224 valence electrons. The van der Waals surface area contributed by atoms with Crippen molar-refractivity contribution in [3.05, 3.63) is 66.6 Å². The molecule has 2 aromatic carbocycles. The number of carbonyl (C=O) groups excluding carboxylic acids is 3. The smallest absolute Gasteiger partial charge is 0.334 e. The second kappa shape index (κ2) is 9.94. The van der Waals surface area contributed by atoms with Gasteiger partial charge in [0.15, 0.2) is 0 Å². The van der Waals surface area contributed by atoms with Gasteiger partial charge in [-0.05, 0) is 71.7 Å². The summed E-state index contributed by atoms with van der Waals surface area (Å²) in [6.07, 6.45) is -7.96. The van der Waals surface area contributed by atoms with Crippen molar-refractivity contribution in [3.63, 3.8) is 0 Å². The van der Waals surface area contributed by atoms with Crippen LogP contribution in [0, 0.1) is 5.92 Å². The fraction of sp³-hybridized carbons (Fsp3) is 0.444. The average Bonchev–Trinajstić information content (AvgIpc) is 3.45. The molecule has 1 saturated carbocycles. The van der Waals surface area contributed by atoms with Crippen molar-refractivity contribution in [3.8, 4) is 0 Å². The van der Waals surface area contributed by atoms with Crippen LogP contribution in [0.1, 0.15) is 59.1 Å². The Labute approximate surface area is 252 Å². The molecule has 3 heterocycles. The number of benzene rings is 2. The van der Waals surface area contributed by atoms with Gasteiger partial charge in [0.05, 0.1) is 11.1 Å². The van der Waals surface area contributed by atoms with E-state index in [1.165, 1.54) is 22.0 Å². The molecule has 1 N–H and O–H groups in total. The quantitative estimate of drug-likeness (QED) is 0.283. The van der Waals surface area contributed by atoms with Gasteiger partial charge in [-0.1, -0.05) is 31.9 Å². The van der Waals surface area contributed by atoms with Crippen molar-refractivity contribution in [2.45, 2.75) is 69.8 Å². The van der Waals surface area contributed by atoms with Crippen molar-refractivity contribution in [2.75, 3.05) is 0 Å². The fourth-order valence-electron chi connectivity index (χ4n) is 6.10. The van der Waals surface area contributed by atoms with Crippen LogP contribution in [0.2, 0.25) is 0 Å². The van der Waals surface area contributed by atoms with E-state index < -0.39 is 41.0 Å². The summed E-state index contributed by atoms with van der Waals surface area (Å²) in [5, 5.41) is 5.11. The molecule has 42 heavy (non-hydrogen) atoms. The molecule has 1 atom stereocenters. The van der Waals surface area contributed by atoms with E-state index >= 15 is 0 Å². The van der Waals surface area contributed by atoms with E-state index in [1.807, 2.05) is 0 Å². The van der Waals surface area contributed by atoms with E-state index in [4.69, 9.17) is 0 Å². The third-order valence-corrected chi connectivity index (χ3v) is 9.67. The average molecular weight is 724 g/mol. The van der Waals surface area contributed by atoms with Crippen LogP contribution in [-0.2, 0) is 48.1 Å². The summed E-state index contributed by atoms with van der Waals surface area (Å²) in [5.74, 6) is -1.13. The van der Waals surface area contributed by atoms with Crippen molar-refractivity contribution in [1.29, 1.82) is 0 Å². The van der Waals surface area contributed by atoms with Gasteiger partial charge < -0.3 is 10.2 Å². The van der Waals surface area contributed by atoms with Crippen LogP contribution in [0.25, 0.3) is 0 Å². The number of alkyl halides is 6. The van der Waals surface area contributed by atoms with Gasteiger partial charge in [0.2, 0.25) is 5.91 Å². The number of hydrazine groups is 1. The largest absolute Gasteiger partial charge is 0.417 e. The maximum Gasteiger partial charge on any atom is 0.417 e. The highest BCUT2D eigenvalue weighted by Crippen LogP contribution is 2.47. The molecule has 1 saturated heterocycles. The van der Waals surface area contributed by atoms with Gasteiger partial charge in [0.25, 0.3) is 5.91 Å². The minimum atomic E-state index is -4.58. The molecular formula is C27H22Br2F6N4O3. The standard InChI is InChI=1S/C27H22Br2F6N4O3/c28-20-7-15-10-37(9-13(15)5-18(20)26(30,31)32)22(40)3-4-25(17-1-2-17)23(41)39(24(42)36-25)38-11-14-6-19(27(33,34)35)21(29)8-16(14)12-38/h5-8,17H,1-4,9-12H2,(H,36,42)/t25-/m0/s1. The zero-order valence-corrected chi connectivity index (χ0v) is 24.8. The van der Waals surface area contributed by atoms with Crippen LogP contribution >= 0.6 is 31.9 Å². The summed E-state index contributed by atoms with van der Waals surface area (Å²) >= 11 is 5.92. The first-order valence-corrected chi connectivity index (χ1v) is 14.6. The molecule has 0 aromatic heterocycles. The van der Waals surface area contributed by atoms with Gasteiger partial charge in [-0.25, -0.2) is 9.80 Å². The number of carbonyl (C=O) groups is 3. The lowest BCUT2D eigenvalue weighted by Gasteiger charge is -2.29. The second-order valence-corrected chi connectivity index (χ2v) is 12.8. The number of urea groups is 1. The summed E-state index contributed by atoms with van der Waals surface area (Å²) in [7, 11) is 0. The lowest BCUT2D eigenvalue weighted by atomic mass is 9.87. The number of halogens is 8. The van der Waals surface area contributed by atoms with E-state index in [1.54, 1.807) is 0 Å². The van der Waals surface area contributed by atoms with Crippen LogP contribution in [0.15, 0.2) is 33.2 Å². The topological polar surface area (TPSA) is 73.0 Å². The second-order valence-electron chi connectivity index (χ2n) is 11.1. The van der Waals surface area contributed by atoms with Gasteiger partial charge in [-0.15, -0.1) is 0 Å². The Bertz CT molecular complexity index is 1530. The summed E-state index contributed by atoms with van der Waals surface area (Å²) in [5.41, 5.74) is -1.15. The van der Waals surface area contributed by atoms with Crippen LogP contribution < -0.4 is 5.32 Å². The lowest BCUT2D eigenvalue weighted by molar-refractivity contribution is -0.145. The first-order valence-electron chi connectivity index (χ1n) is 13.0. The molecule has 2 aromatic rings. The van der Waals surface area contributed by atoms with Crippen molar-refractivity contribution in [1.82, 2.24) is 20.2 Å². The van der Waals surface area contributed by atoms with E-state index in [-0.39, 0.29) is 59.8 Å². The molecular weight excluding hydrogens is 702 g/mol. The van der Waals surface area contributed by atoms with E-state index in [9.17, 15) is 40.7 Å². The maximum absolute atomic E-state index is 13.8. The minimum absolute atomic E-state index is 0.00506. The molecule has 0 unspecified atom stereocenters. The van der Waals surface area contributed by atoms with E-state index in [0.29, 0.717) is 35.1 Å². The molecule has 2 fully saturated rings. The van der Waals surface area contributed by atoms with Crippen molar-refractivity contribution < 1.29 is 40.7 Å². The normalized spacial score (nSPS) is 22.6. The Morgan fingerprint density at radius 2 is 1.31 bits per heavy atom. The molecule has 4 aliphatic rings. The highest BCUT2D eigenvalue weighted by molar-refractivity contribution is 9.10. The van der Waals surface area contributed by atoms with Crippen molar-refractivity contribution >= 4 is 49.7 Å². The third-order valence-electron chi connectivity index (χ3n) is 8.36. The van der Waals surface area contributed by atoms with Crippen LogP contribution in [0.4, 0.5) is 31.1 Å². The molecule has 6 rings (SSSR count). The lowest BCUT2D eigenvalue weighted by Crippen LogP contribution is -2.51. The van der Waals surface area contributed by atoms with Crippen LogP contribution in [0.5, 0.6) is 0 Å². The van der Waals surface area contributed by atoms with Gasteiger partial charge in [0.1, 0.15) is 5.54 Å². The Morgan fingerprint density at radius 1 is 0.833 bits per heavy atom. The summed E-state index contributed by atoms with van der Waals surface area (Å²) in [6.45, 7) is 0.0859. The van der Waals surface area contributed by atoms with Gasteiger partial charge in [-0.3, -0.25) is 9.59 Å². The summed E-state index contributed by atoms with van der Waals surface area (Å²) in [6, 6.07) is 4.03. The molecule has 3 aliphatic heterocycles. The van der Waals surface area contributed by atoms with E-state index in [0.717, 1.165) is 17.1 Å². The Kier molecular flexibility index (Phi) is 6.97. The zero-order valence-electron chi connectivity index (χ0n) is 21.6. The molecule has 7 nitrogen and oxygen atoms in total. The number of fused-ring (bicyclic) bond motifs is 2. The predicted molar refractivity (Wildman–Crippen MR) is 142 cm³/mol. The molecule has 15 heteroatoms. The minimum Gasteiger partial charge on any atom is -0.334 e. The van der Waals surface area contributed by atoms with Crippen LogP contribution in [-0.4, -0.2) is 38.3 Å². The molecule has 0 bridgehead atoms. The number of imide groups is 1. The van der Waals surface area contributed by atoms with Gasteiger partial charge in [-0.2, -0.15) is 31.4 Å². The molecule has 1 aliphatic carbocycles. The number of nitrogens with zero attached hydrogens (tertiary/aromatic N) is 3. The fourth-order valence-corrected chi connectivity index (χ4v) is 7.33. The zero-order chi connectivity index (χ0) is 30.4. The highest BCUT2D eigenvalue weighted by Gasteiger charge is 2.60. The number of amides is 4. The van der Waals surface area contributed by atoms with Crippen molar-refractivity contribution in [2.24, 2.45) is 5.92 Å². The monoisotopic (exact) mass is 722 g/mol. The highest BCUT2D eigenvalue weighted by atomic mass is 79.9. The number of hydrogen-bond acceptors (Lipinski definition) is 4. The third kappa shape index (κ3) is 5.00. The van der Waals surface area contributed by atoms with E-state index in [2.05, 4.69) is 37.2 Å². The predicted octanol–water partition coefficient (Wildman–Crippen LogP) is 6.50. The molecule has 4 amide bonds. The number of nitrogens with one attached hydrogen (secondary N) is 1. The molecule has 0 spiro atoms. The first-order chi connectivity index (χ1) is 19.6. The summed E-state index contributed by atoms with van der Waals surface area (Å²) in [4.78, 5) is 41.5. The molecule has 0 radical (unpaired) electrons.